The predicted molar refractivity (Wildman–Crippen MR) is 122 cm³/mol. The molecule has 2 aromatic rings. The number of nitrogens with one attached hydrogen (secondary N) is 1. The van der Waals surface area contributed by atoms with Crippen molar-refractivity contribution in [3.63, 3.8) is 0 Å². The lowest BCUT2D eigenvalue weighted by Gasteiger charge is -2.17. The molecule has 0 atom stereocenters. The first-order valence-electron chi connectivity index (χ1n) is 10.9. The van der Waals surface area contributed by atoms with E-state index in [-0.39, 0.29) is 17.2 Å². The molecule has 0 spiro atoms. The Hall–Kier alpha value is -2.38. The topological polar surface area (TPSA) is 75.7 Å². The van der Waals surface area contributed by atoms with Gasteiger partial charge in [-0.15, -0.1) is 0 Å². The molecule has 0 bridgehead atoms. The standard InChI is InChI=1S/C24H32N2O4S/c1-19-7-9-20(10-8-19)6-5-15-25-24(27)14-11-21-18-22(12-13-23(21)30-2)31(28,29)26-16-3-4-17-26/h7-10,12-13,18H,3-6,11,14-17H2,1-2H3,(H,25,27). The number of sulfonamides is 1. The zero-order chi connectivity index (χ0) is 22.3. The number of hydrogen-bond donors (Lipinski definition) is 1. The molecule has 7 heteroatoms. The van der Waals surface area contributed by atoms with Gasteiger partial charge in [0.15, 0.2) is 0 Å². The van der Waals surface area contributed by atoms with Crippen LogP contribution in [0.2, 0.25) is 0 Å². The largest absolute Gasteiger partial charge is 0.496 e. The highest BCUT2D eigenvalue weighted by atomic mass is 32.2. The molecule has 0 radical (unpaired) electrons. The fourth-order valence-electron chi connectivity index (χ4n) is 3.80. The van der Waals surface area contributed by atoms with Crippen LogP contribution in [0.3, 0.4) is 0 Å². The predicted octanol–water partition coefficient (Wildman–Crippen LogP) is 3.47. The first kappa shape index (κ1) is 23.3. The Balaban J connectivity index is 1.52. The number of aryl methyl sites for hydroxylation is 3. The highest BCUT2D eigenvalue weighted by Gasteiger charge is 2.27. The number of rotatable bonds is 10. The van der Waals surface area contributed by atoms with Gasteiger partial charge in [0.1, 0.15) is 5.75 Å². The van der Waals surface area contributed by atoms with Crippen molar-refractivity contribution in [1.29, 1.82) is 0 Å². The first-order chi connectivity index (χ1) is 14.9. The van der Waals surface area contributed by atoms with Crippen molar-refractivity contribution >= 4 is 15.9 Å². The summed E-state index contributed by atoms with van der Waals surface area (Å²) in [6, 6.07) is 13.3. The molecule has 0 aromatic heterocycles. The summed E-state index contributed by atoms with van der Waals surface area (Å²) in [4.78, 5) is 12.6. The van der Waals surface area contributed by atoms with Crippen LogP contribution in [0, 0.1) is 6.92 Å². The lowest BCUT2D eigenvalue weighted by atomic mass is 10.1. The van der Waals surface area contributed by atoms with Crippen LogP contribution in [-0.4, -0.2) is 45.4 Å². The second-order valence-corrected chi connectivity index (χ2v) is 9.96. The molecule has 3 rings (SSSR count). The van der Waals surface area contributed by atoms with E-state index in [0.717, 1.165) is 31.2 Å². The maximum atomic E-state index is 12.8. The molecule has 1 amide bonds. The van der Waals surface area contributed by atoms with E-state index in [4.69, 9.17) is 4.74 Å². The summed E-state index contributed by atoms with van der Waals surface area (Å²) < 4.78 is 32.6. The van der Waals surface area contributed by atoms with E-state index < -0.39 is 10.0 Å². The molecule has 0 saturated carbocycles. The van der Waals surface area contributed by atoms with Gasteiger partial charge in [0.2, 0.25) is 15.9 Å². The minimum absolute atomic E-state index is 0.0428. The van der Waals surface area contributed by atoms with Crippen molar-refractivity contribution < 1.29 is 17.9 Å². The minimum Gasteiger partial charge on any atom is -0.496 e. The second kappa shape index (κ2) is 10.8. The Morgan fingerprint density at radius 2 is 1.77 bits per heavy atom. The molecular formula is C24H32N2O4S. The lowest BCUT2D eigenvalue weighted by Crippen LogP contribution is -2.28. The zero-order valence-corrected chi connectivity index (χ0v) is 19.2. The van der Waals surface area contributed by atoms with E-state index in [9.17, 15) is 13.2 Å². The number of amides is 1. The van der Waals surface area contributed by atoms with Gasteiger partial charge in [-0.2, -0.15) is 4.31 Å². The summed E-state index contributed by atoms with van der Waals surface area (Å²) in [7, 11) is -1.94. The summed E-state index contributed by atoms with van der Waals surface area (Å²) in [5, 5.41) is 2.96. The fraction of sp³-hybridized carbons (Fsp3) is 0.458. The summed E-state index contributed by atoms with van der Waals surface area (Å²) in [6.07, 6.45) is 4.30. The van der Waals surface area contributed by atoms with Crippen LogP contribution in [-0.2, 0) is 27.7 Å². The number of carbonyl (C=O) groups is 1. The van der Waals surface area contributed by atoms with Crippen molar-refractivity contribution in [3.05, 3.63) is 59.2 Å². The van der Waals surface area contributed by atoms with Gasteiger partial charge >= 0.3 is 0 Å². The van der Waals surface area contributed by atoms with E-state index in [1.165, 1.54) is 15.4 Å². The molecule has 1 fully saturated rings. The van der Waals surface area contributed by atoms with Gasteiger partial charge in [-0.25, -0.2) is 8.42 Å². The summed E-state index contributed by atoms with van der Waals surface area (Å²) in [6.45, 7) is 3.81. The van der Waals surface area contributed by atoms with Crippen LogP contribution in [0.25, 0.3) is 0 Å². The van der Waals surface area contributed by atoms with E-state index in [1.54, 1.807) is 25.3 Å². The Bertz CT molecular complexity index is 981. The van der Waals surface area contributed by atoms with Gasteiger partial charge in [-0.05, 0) is 68.4 Å². The van der Waals surface area contributed by atoms with Crippen LogP contribution >= 0.6 is 0 Å². The van der Waals surface area contributed by atoms with Gasteiger partial charge in [-0.1, -0.05) is 29.8 Å². The summed E-state index contributed by atoms with van der Waals surface area (Å²) in [5.74, 6) is 0.561. The molecule has 0 aliphatic carbocycles. The van der Waals surface area contributed by atoms with E-state index in [0.29, 0.717) is 31.8 Å². The lowest BCUT2D eigenvalue weighted by molar-refractivity contribution is -0.121. The zero-order valence-electron chi connectivity index (χ0n) is 18.4. The third-order valence-electron chi connectivity index (χ3n) is 5.66. The molecule has 1 aliphatic heterocycles. The van der Waals surface area contributed by atoms with Gasteiger partial charge in [-0.3, -0.25) is 4.79 Å². The average Bonchev–Trinajstić information content (AvgIpc) is 3.32. The fourth-order valence-corrected chi connectivity index (χ4v) is 5.37. The molecule has 168 valence electrons. The van der Waals surface area contributed by atoms with Crippen LogP contribution in [0.4, 0.5) is 0 Å². The van der Waals surface area contributed by atoms with Crippen LogP contribution in [0.5, 0.6) is 5.75 Å². The number of ether oxygens (including phenoxy) is 1. The van der Waals surface area contributed by atoms with Crippen LogP contribution in [0.1, 0.15) is 42.4 Å². The molecule has 1 aliphatic rings. The van der Waals surface area contributed by atoms with E-state index in [2.05, 4.69) is 36.5 Å². The molecule has 6 nitrogen and oxygen atoms in total. The van der Waals surface area contributed by atoms with Gasteiger partial charge in [0.05, 0.1) is 12.0 Å². The molecule has 1 heterocycles. The van der Waals surface area contributed by atoms with E-state index in [1.807, 2.05) is 0 Å². The van der Waals surface area contributed by atoms with Crippen molar-refractivity contribution in [1.82, 2.24) is 9.62 Å². The molecule has 0 unspecified atom stereocenters. The summed E-state index contributed by atoms with van der Waals surface area (Å²) in [5.41, 5.74) is 3.24. The SMILES string of the molecule is COc1ccc(S(=O)(=O)N2CCCC2)cc1CCC(=O)NCCCc1ccc(C)cc1. The smallest absolute Gasteiger partial charge is 0.243 e. The quantitative estimate of drug-likeness (QED) is 0.570. The number of methoxy groups -OCH3 is 1. The van der Waals surface area contributed by atoms with Crippen molar-refractivity contribution in [2.45, 2.75) is 50.3 Å². The maximum Gasteiger partial charge on any atom is 0.243 e. The molecule has 1 N–H and O–H groups in total. The molecule has 2 aromatic carbocycles. The van der Waals surface area contributed by atoms with Crippen LogP contribution < -0.4 is 10.1 Å². The minimum atomic E-state index is -3.49. The Morgan fingerprint density at radius 3 is 2.45 bits per heavy atom. The van der Waals surface area contributed by atoms with Gasteiger partial charge in [0.25, 0.3) is 0 Å². The highest BCUT2D eigenvalue weighted by Crippen LogP contribution is 2.27. The first-order valence-corrected chi connectivity index (χ1v) is 12.3. The normalized spacial score (nSPS) is 14.5. The monoisotopic (exact) mass is 444 g/mol. The third-order valence-corrected chi connectivity index (χ3v) is 7.56. The van der Waals surface area contributed by atoms with E-state index >= 15 is 0 Å². The number of carbonyl (C=O) groups excluding carboxylic acids is 1. The Morgan fingerprint density at radius 1 is 1.06 bits per heavy atom. The second-order valence-electron chi connectivity index (χ2n) is 8.02. The van der Waals surface area contributed by atoms with Crippen molar-refractivity contribution in [2.75, 3.05) is 26.7 Å². The molecule has 1 saturated heterocycles. The van der Waals surface area contributed by atoms with Gasteiger partial charge in [0, 0.05) is 26.1 Å². The maximum absolute atomic E-state index is 12.8. The van der Waals surface area contributed by atoms with Gasteiger partial charge < -0.3 is 10.1 Å². The summed E-state index contributed by atoms with van der Waals surface area (Å²) >= 11 is 0. The Kier molecular flexibility index (Phi) is 8.09. The molecule has 31 heavy (non-hydrogen) atoms. The van der Waals surface area contributed by atoms with Crippen LogP contribution in [0.15, 0.2) is 47.4 Å². The Labute approximate surface area is 185 Å². The average molecular weight is 445 g/mol. The number of nitrogens with zero attached hydrogens (tertiary/aromatic N) is 1. The van der Waals surface area contributed by atoms with Crippen molar-refractivity contribution in [3.8, 4) is 5.75 Å². The van der Waals surface area contributed by atoms with Crippen molar-refractivity contribution in [2.24, 2.45) is 0 Å². The highest BCUT2D eigenvalue weighted by molar-refractivity contribution is 7.89. The molecular weight excluding hydrogens is 412 g/mol. The third kappa shape index (κ3) is 6.31. The number of benzene rings is 2. The number of hydrogen-bond acceptors (Lipinski definition) is 4.